The topological polar surface area (TPSA) is 55.2 Å². The fourth-order valence-corrected chi connectivity index (χ4v) is 5.37. The van der Waals surface area contributed by atoms with E-state index in [9.17, 15) is 9.59 Å². The van der Waals surface area contributed by atoms with Crippen LogP contribution in [0.25, 0.3) is 17.1 Å². The van der Waals surface area contributed by atoms with Crippen molar-refractivity contribution >= 4 is 69.0 Å². The summed E-state index contributed by atoms with van der Waals surface area (Å²) in [7, 11) is 0. The van der Waals surface area contributed by atoms with Crippen molar-refractivity contribution < 1.29 is 9.59 Å². The lowest BCUT2D eigenvalue weighted by Crippen LogP contribution is -2.31. The lowest BCUT2D eigenvalue weighted by molar-refractivity contribution is -0.122. The Labute approximate surface area is 200 Å². The standard InChI is InChI=1S/C24H21N3O2S3/c1-3-14-31-23-25-18-6-4-5-7-19(18)27(23)21(28)12-13-26-22(29)20(32-24(26)30)15-17-10-8-16(2)9-11-17/h3-11,15H,1,12-14H2,2H3/b20-15+. The van der Waals surface area contributed by atoms with E-state index in [-0.39, 0.29) is 24.8 Å². The zero-order valence-electron chi connectivity index (χ0n) is 17.5. The highest BCUT2D eigenvalue weighted by Crippen LogP contribution is 2.33. The van der Waals surface area contributed by atoms with Crippen LogP contribution < -0.4 is 0 Å². The Bertz CT molecular complexity index is 1250. The van der Waals surface area contributed by atoms with E-state index in [1.54, 1.807) is 10.6 Å². The van der Waals surface area contributed by atoms with Crippen LogP contribution in [0.5, 0.6) is 0 Å². The van der Waals surface area contributed by atoms with E-state index in [2.05, 4.69) is 11.6 Å². The lowest BCUT2D eigenvalue weighted by Gasteiger charge is -2.14. The Balaban J connectivity index is 1.50. The number of thiocarbonyl (C=S) groups is 1. The van der Waals surface area contributed by atoms with Crippen molar-refractivity contribution in [2.75, 3.05) is 12.3 Å². The zero-order valence-corrected chi connectivity index (χ0v) is 19.9. The summed E-state index contributed by atoms with van der Waals surface area (Å²) in [5, 5.41) is 0.626. The van der Waals surface area contributed by atoms with Gasteiger partial charge in [-0.1, -0.05) is 83.8 Å². The molecule has 1 amide bonds. The Morgan fingerprint density at radius 3 is 2.72 bits per heavy atom. The van der Waals surface area contributed by atoms with Gasteiger partial charge in [-0.25, -0.2) is 4.98 Å². The Kier molecular flexibility index (Phi) is 6.93. The molecule has 0 radical (unpaired) electrons. The molecule has 0 unspecified atom stereocenters. The minimum absolute atomic E-state index is 0.123. The number of aryl methyl sites for hydroxylation is 1. The van der Waals surface area contributed by atoms with Crippen molar-refractivity contribution in [2.24, 2.45) is 0 Å². The fraction of sp³-hybridized carbons (Fsp3) is 0.167. The first kappa shape index (κ1) is 22.5. The van der Waals surface area contributed by atoms with Crippen LogP contribution in [0.2, 0.25) is 0 Å². The van der Waals surface area contributed by atoms with Gasteiger partial charge in [-0.15, -0.1) is 6.58 Å². The van der Waals surface area contributed by atoms with E-state index >= 15 is 0 Å². The van der Waals surface area contributed by atoms with Crippen LogP contribution in [-0.4, -0.2) is 42.9 Å². The third kappa shape index (κ3) is 4.72. The second kappa shape index (κ2) is 9.85. The highest BCUT2D eigenvalue weighted by molar-refractivity contribution is 8.26. The number of carbonyl (C=O) groups is 2. The number of amides is 1. The van der Waals surface area contributed by atoms with Gasteiger partial charge in [-0.2, -0.15) is 0 Å². The van der Waals surface area contributed by atoms with E-state index in [0.717, 1.165) is 22.2 Å². The molecule has 5 nitrogen and oxygen atoms in total. The highest BCUT2D eigenvalue weighted by atomic mass is 32.2. The molecule has 162 valence electrons. The summed E-state index contributed by atoms with van der Waals surface area (Å²) >= 11 is 8.15. The first-order valence-electron chi connectivity index (χ1n) is 10.0. The van der Waals surface area contributed by atoms with Crippen LogP contribution >= 0.6 is 35.7 Å². The first-order chi connectivity index (χ1) is 15.5. The Morgan fingerprint density at radius 2 is 1.97 bits per heavy atom. The van der Waals surface area contributed by atoms with Crippen LogP contribution in [0.1, 0.15) is 22.3 Å². The molecule has 0 bridgehead atoms. The predicted octanol–water partition coefficient (Wildman–Crippen LogP) is 5.55. The van der Waals surface area contributed by atoms with Gasteiger partial charge in [0.1, 0.15) is 4.32 Å². The van der Waals surface area contributed by atoms with Crippen molar-refractivity contribution in [2.45, 2.75) is 18.5 Å². The van der Waals surface area contributed by atoms with E-state index in [0.29, 0.717) is 20.1 Å². The van der Waals surface area contributed by atoms with Crippen LogP contribution in [0, 0.1) is 6.92 Å². The van der Waals surface area contributed by atoms with Crippen molar-refractivity contribution in [3.63, 3.8) is 0 Å². The van der Waals surface area contributed by atoms with Gasteiger partial charge in [0.25, 0.3) is 5.91 Å². The van der Waals surface area contributed by atoms with Gasteiger partial charge in [0.15, 0.2) is 5.16 Å². The molecular weight excluding hydrogens is 458 g/mol. The number of fused-ring (bicyclic) bond motifs is 1. The number of rotatable bonds is 7. The molecule has 1 saturated heterocycles. The lowest BCUT2D eigenvalue weighted by atomic mass is 10.1. The molecule has 1 fully saturated rings. The van der Waals surface area contributed by atoms with Gasteiger partial charge >= 0.3 is 0 Å². The highest BCUT2D eigenvalue weighted by Gasteiger charge is 2.32. The number of para-hydroxylation sites is 2. The number of thioether (sulfide) groups is 2. The summed E-state index contributed by atoms with van der Waals surface area (Å²) in [4.78, 5) is 32.7. The maximum absolute atomic E-state index is 13.2. The van der Waals surface area contributed by atoms with Crippen LogP contribution in [0.15, 0.2) is 71.2 Å². The number of nitrogens with zero attached hydrogens (tertiary/aromatic N) is 3. The third-order valence-corrected chi connectivity index (χ3v) is 7.22. The molecular formula is C24H21N3O2S3. The van der Waals surface area contributed by atoms with Crippen LogP contribution in [-0.2, 0) is 4.79 Å². The second-order valence-corrected chi connectivity index (χ2v) is 9.87. The average Bonchev–Trinajstić information content (AvgIpc) is 3.29. The first-order valence-corrected chi connectivity index (χ1v) is 12.3. The van der Waals surface area contributed by atoms with Crippen molar-refractivity contribution in [1.29, 1.82) is 0 Å². The van der Waals surface area contributed by atoms with E-state index in [4.69, 9.17) is 12.2 Å². The number of hydrogen-bond acceptors (Lipinski definition) is 6. The normalized spacial score (nSPS) is 15.2. The van der Waals surface area contributed by atoms with Crippen molar-refractivity contribution in [1.82, 2.24) is 14.5 Å². The van der Waals surface area contributed by atoms with E-state index < -0.39 is 0 Å². The molecule has 0 spiro atoms. The molecule has 2 aromatic carbocycles. The monoisotopic (exact) mass is 479 g/mol. The van der Waals surface area contributed by atoms with Gasteiger partial charge in [-0.05, 0) is 30.7 Å². The summed E-state index contributed by atoms with van der Waals surface area (Å²) in [6.45, 7) is 5.99. The van der Waals surface area contributed by atoms with Gasteiger partial charge in [0, 0.05) is 18.7 Å². The quantitative estimate of drug-likeness (QED) is 0.192. The molecule has 32 heavy (non-hydrogen) atoms. The summed E-state index contributed by atoms with van der Waals surface area (Å²) < 4.78 is 2.10. The van der Waals surface area contributed by atoms with Crippen molar-refractivity contribution in [3.8, 4) is 0 Å². The van der Waals surface area contributed by atoms with Gasteiger partial charge in [0.2, 0.25) is 5.91 Å². The zero-order chi connectivity index (χ0) is 22.7. The number of hydrogen-bond donors (Lipinski definition) is 0. The molecule has 1 aliphatic rings. The molecule has 8 heteroatoms. The summed E-state index contributed by atoms with van der Waals surface area (Å²) in [5.74, 6) is 0.363. The molecule has 4 rings (SSSR count). The number of carbonyl (C=O) groups excluding carboxylic acids is 2. The Morgan fingerprint density at radius 1 is 1.22 bits per heavy atom. The molecule has 0 saturated carbocycles. The molecule has 0 aliphatic carbocycles. The van der Waals surface area contributed by atoms with Gasteiger partial charge < -0.3 is 0 Å². The maximum Gasteiger partial charge on any atom is 0.266 e. The number of imidazole rings is 1. The molecule has 1 aliphatic heterocycles. The summed E-state index contributed by atoms with van der Waals surface area (Å²) in [6, 6.07) is 15.5. The third-order valence-electron chi connectivity index (χ3n) is 4.91. The molecule has 3 aromatic rings. The second-order valence-electron chi connectivity index (χ2n) is 7.21. The minimum Gasteiger partial charge on any atom is -0.292 e. The smallest absolute Gasteiger partial charge is 0.266 e. The van der Waals surface area contributed by atoms with Crippen LogP contribution in [0.3, 0.4) is 0 Å². The number of aromatic nitrogens is 2. The molecule has 2 heterocycles. The molecule has 0 atom stereocenters. The predicted molar refractivity (Wildman–Crippen MR) is 137 cm³/mol. The largest absolute Gasteiger partial charge is 0.292 e. The van der Waals surface area contributed by atoms with Crippen molar-refractivity contribution in [3.05, 3.63) is 77.2 Å². The summed E-state index contributed by atoms with van der Waals surface area (Å²) in [5.41, 5.74) is 3.62. The summed E-state index contributed by atoms with van der Waals surface area (Å²) in [6.07, 6.45) is 3.76. The average molecular weight is 480 g/mol. The maximum atomic E-state index is 13.2. The van der Waals surface area contributed by atoms with Gasteiger partial charge in [0.05, 0.1) is 15.9 Å². The minimum atomic E-state index is -0.162. The molecule has 1 aromatic heterocycles. The van der Waals surface area contributed by atoms with E-state index in [1.807, 2.05) is 61.5 Å². The van der Waals surface area contributed by atoms with Crippen LogP contribution in [0.4, 0.5) is 0 Å². The van der Waals surface area contributed by atoms with Gasteiger partial charge in [-0.3, -0.25) is 19.1 Å². The van der Waals surface area contributed by atoms with E-state index in [1.165, 1.54) is 28.4 Å². The Hall–Kier alpha value is -2.68. The molecule has 0 N–H and O–H groups in total. The SMILES string of the molecule is C=CCSc1nc2ccccc2n1C(=O)CCN1C(=O)/C(=C\c2ccc(C)cc2)SC1=S. The number of benzene rings is 2. The fourth-order valence-electron chi connectivity index (χ4n) is 3.30.